The molecular weight excluding hydrogens is 1290 g/mol. The lowest BCUT2D eigenvalue weighted by molar-refractivity contribution is 0.604. The van der Waals surface area contributed by atoms with E-state index in [0.29, 0.717) is 55.8 Å². The van der Waals surface area contributed by atoms with Crippen LogP contribution in [0.15, 0.2) is 297 Å². The zero-order valence-electron chi connectivity index (χ0n) is 56.7. The quantitative estimate of drug-likeness (QED) is 0.101. The number of hydrogen-bond donors (Lipinski definition) is 0. The maximum atomic E-state index is 18.0. The van der Waals surface area contributed by atoms with E-state index in [0.717, 1.165) is 112 Å². The molecule has 0 aliphatic heterocycles. The summed E-state index contributed by atoms with van der Waals surface area (Å²) in [6.45, 7) is 16.6. The number of rotatable bonds is 14. The molecule has 2 unspecified atom stereocenters. The van der Waals surface area contributed by atoms with E-state index in [4.69, 9.17) is 4.42 Å². The van der Waals surface area contributed by atoms with Crippen molar-refractivity contribution in [3.05, 3.63) is 405 Å². The number of hydrogen-bond acceptors (Lipinski definition) is 3. The predicted octanol–water partition coefficient (Wildman–Crippen LogP) is 25.9. The van der Waals surface area contributed by atoms with Gasteiger partial charge in [-0.1, -0.05) is 206 Å². The van der Waals surface area contributed by atoms with Crippen molar-refractivity contribution < 1.29 is 30.8 Å². The number of benzene rings is 14. The Bertz CT molecular complexity index is 5630. The van der Waals surface area contributed by atoms with Crippen molar-refractivity contribution in [2.75, 3.05) is 9.80 Å². The third-order valence-corrected chi connectivity index (χ3v) is 21.1. The van der Waals surface area contributed by atoms with Gasteiger partial charge in [0, 0.05) is 56.8 Å². The van der Waals surface area contributed by atoms with Crippen molar-refractivity contribution in [3.8, 4) is 44.5 Å². The lowest BCUT2D eigenvalue weighted by Crippen LogP contribution is -2.30. The molecule has 1 heterocycles. The minimum absolute atomic E-state index is 0.0525. The number of nitrogens with zero attached hydrogens (tertiary/aromatic N) is 2. The summed E-state index contributed by atoms with van der Waals surface area (Å²) >= 11 is 0. The molecule has 103 heavy (non-hydrogen) atoms. The van der Waals surface area contributed by atoms with Gasteiger partial charge in [0.15, 0.2) is 0 Å². The summed E-state index contributed by atoms with van der Waals surface area (Å²) in [5.41, 5.74) is 19.4. The van der Waals surface area contributed by atoms with Crippen LogP contribution in [0, 0.1) is 62.6 Å². The summed E-state index contributed by atoms with van der Waals surface area (Å²) < 4.78 is 106. The monoisotopic (exact) mass is 1350 g/mol. The molecule has 2 aliphatic carbocycles. The smallest absolute Gasteiger partial charge is 0.148 e. The number of anilines is 6. The molecule has 0 amide bonds. The highest BCUT2D eigenvalue weighted by atomic mass is 19.1. The highest BCUT2D eigenvalue weighted by Gasteiger charge is 2.49. The van der Waals surface area contributed by atoms with E-state index in [1.54, 1.807) is 21.9 Å². The molecule has 0 radical (unpaired) electrons. The van der Waals surface area contributed by atoms with Crippen LogP contribution < -0.4 is 9.80 Å². The van der Waals surface area contributed by atoms with Crippen molar-refractivity contribution in [1.29, 1.82) is 0 Å². The number of furan rings is 1. The average Bonchev–Trinajstić information content (AvgIpc) is 1.54. The van der Waals surface area contributed by atoms with E-state index in [9.17, 15) is 8.78 Å². The molecule has 17 rings (SSSR count). The minimum atomic E-state index is -0.919. The normalized spacial score (nSPS) is 14.9. The molecule has 0 spiro atoms. The van der Waals surface area contributed by atoms with Crippen LogP contribution >= 0.6 is 0 Å². The number of fused-ring (bicyclic) bond motifs is 9. The number of halogens is 6. The summed E-state index contributed by atoms with van der Waals surface area (Å²) in [5, 5.41) is 1.15. The molecule has 0 bridgehead atoms. The molecular formula is C94H64F6N2O. The molecule has 0 N–H and O–H groups in total. The Hall–Kier alpha value is -12.5. The molecule has 2 aliphatic rings. The van der Waals surface area contributed by atoms with Crippen LogP contribution in [-0.2, 0) is 10.8 Å². The van der Waals surface area contributed by atoms with E-state index >= 15 is 17.6 Å². The van der Waals surface area contributed by atoms with Gasteiger partial charge in [-0.25, -0.2) is 26.3 Å². The van der Waals surface area contributed by atoms with Gasteiger partial charge in [-0.05, 0) is 225 Å². The first-order valence-electron chi connectivity index (χ1n) is 34.2. The lowest BCUT2D eigenvalue weighted by atomic mass is 9.66. The first-order valence-corrected chi connectivity index (χ1v) is 34.2. The first kappa shape index (κ1) is 64.0. The Labute approximate surface area is 593 Å². The van der Waals surface area contributed by atoms with Gasteiger partial charge in [0.25, 0.3) is 0 Å². The molecule has 0 fully saturated rings. The fraction of sp³-hybridized carbons (Fsp3) is 0.0638. The molecule has 3 nitrogen and oxygen atoms in total. The van der Waals surface area contributed by atoms with Crippen LogP contribution in [-0.4, -0.2) is 0 Å². The van der Waals surface area contributed by atoms with Gasteiger partial charge in [0.2, 0.25) is 0 Å². The molecule has 0 saturated heterocycles. The zero-order valence-corrected chi connectivity index (χ0v) is 56.7. The van der Waals surface area contributed by atoms with Crippen LogP contribution in [0.25, 0.3) is 78.6 Å². The van der Waals surface area contributed by atoms with E-state index in [1.807, 2.05) is 60.7 Å². The van der Waals surface area contributed by atoms with E-state index in [-0.39, 0.29) is 22.5 Å². The molecule has 498 valence electrons. The first-order chi connectivity index (χ1) is 50.0. The summed E-state index contributed by atoms with van der Waals surface area (Å²) in [6, 6.07) is 85.0. The molecule has 2 atom stereocenters. The largest absolute Gasteiger partial charge is 0.456 e. The SMILES string of the molecule is C=Cc1ccc(C2(c3cc(C)ccc3C)c3ccccc3-c3ccc(N(c4ccc5oc6ccc(N(c7ccc8c(c7)C(c7ccc(C=C)cc7)(c7cc(C)ccc7C)c7ccccc7-8)c7cc(F)c(-c8ccc(F)cc8)cc7F)cc6c5c4)c4cc(F)c(-c5ccc(F)cc5)cc4F)cc32)cc1. The second kappa shape index (κ2) is 24.7. The van der Waals surface area contributed by atoms with Crippen molar-refractivity contribution in [2.24, 2.45) is 0 Å². The third kappa shape index (κ3) is 10.2. The maximum absolute atomic E-state index is 18.0. The Balaban J connectivity index is 0.897. The van der Waals surface area contributed by atoms with Gasteiger partial charge < -0.3 is 14.2 Å². The predicted molar refractivity (Wildman–Crippen MR) is 407 cm³/mol. The standard InChI is InChI=1S/C94H64F6N2O/c1-7-59-21-29-63(30-22-59)93(81-45-55(3)17-19-57(81)5)79-15-11-9-13-71(79)73-41-37-69(49-83(73)93)101(89-53-85(97)75(51-87(89)99)61-25-33-65(95)34-26-61)67-39-43-91-77(47-67)78-48-68(40-44-92(78)103-91)102(90-54-86(98)76(52-88(90)100)62-27-35-66(96)36-28-62)70-38-42-74-72-14-10-12-16-80(72)94(84(74)50-70,64-31-23-60(8-2)24-32-64)82-46-56(4)18-20-58(82)6/h7-54H,1-2H2,3-6H3. The summed E-state index contributed by atoms with van der Waals surface area (Å²) in [6.07, 6.45) is 3.64. The van der Waals surface area contributed by atoms with Crippen LogP contribution in [0.1, 0.15) is 77.9 Å². The Morgan fingerprint density at radius 2 is 0.680 bits per heavy atom. The van der Waals surface area contributed by atoms with Crippen LogP contribution in [0.4, 0.5) is 60.5 Å². The maximum Gasteiger partial charge on any atom is 0.148 e. The van der Waals surface area contributed by atoms with Crippen molar-refractivity contribution in [1.82, 2.24) is 0 Å². The summed E-state index contributed by atoms with van der Waals surface area (Å²) in [7, 11) is 0. The molecule has 15 aromatic rings. The summed E-state index contributed by atoms with van der Waals surface area (Å²) in [5.74, 6) is -4.03. The van der Waals surface area contributed by atoms with Gasteiger partial charge in [-0.2, -0.15) is 0 Å². The highest BCUT2D eigenvalue weighted by molar-refractivity contribution is 6.08. The Morgan fingerprint density at radius 1 is 0.311 bits per heavy atom. The van der Waals surface area contributed by atoms with Gasteiger partial charge >= 0.3 is 0 Å². The second-order valence-electron chi connectivity index (χ2n) is 27.1. The van der Waals surface area contributed by atoms with Gasteiger partial charge in [0.1, 0.15) is 46.1 Å². The van der Waals surface area contributed by atoms with E-state index in [1.165, 1.54) is 60.7 Å². The second-order valence-corrected chi connectivity index (χ2v) is 27.1. The minimum Gasteiger partial charge on any atom is -0.456 e. The van der Waals surface area contributed by atoms with Gasteiger partial charge in [0.05, 0.1) is 22.2 Å². The van der Waals surface area contributed by atoms with Gasteiger partial charge in [-0.15, -0.1) is 0 Å². The van der Waals surface area contributed by atoms with Crippen LogP contribution in [0.5, 0.6) is 0 Å². The third-order valence-electron chi connectivity index (χ3n) is 21.1. The Kier molecular flexibility index (Phi) is 15.3. The molecule has 1 aromatic heterocycles. The van der Waals surface area contributed by atoms with E-state index < -0.39 is 45.7 Å². The Morgan fingerprint density at radius 3 is 1.08 bits per heavy atom. The fourth-order valence-electron chi connectivity index (χ4n) is 16.3. The van der Waals surface area contributed by atoms with Crippen molar-refractivity contribution in [2.45, 2.75) is 38.5 Å². The van der Waals surface area contributed by atoms with Crippen molar-refractivity contribution in [3.63, 3.8) is 0 Å². The lowest BCUT2D eigenvalue weighted by Gasteiger charge is -2.36. The van der Waals surface area contributed by atoms with Crippen LogP contribution in [0.3, 0.4) is 0 Å². The summed E-state index contributed by atoms with van der Waals surface area (Å²) in [4.78, 5) is 3.44. The molecule has 14 aromatic carbocycles. The van der Waals surface area contributed by atoms with E-state index in [2.05, 4.69) is 186 Å². The molecule has 0 saturated carbocycles. The van der Waals surface area contributed by atoms with Gasteiger partial charge in [-0.3, -0.25) is 0 Å². The van der Waals surface area contributed by atoms with Crippen molar-refractivity contribution >= 4 is 68.2 Å². The number of aryl methyl sites for hydroxylation is 4. The zero-order chi connectivity index (χ0) is 70.7. The molecule has 9 heteroatoms. The fourth-order valence-corrected chi connectivity index (χ4v) is 16.3. The topological polar surface area (TPSA) is 19.6 Å². The average molecular weight is 1350 g/mol. The van der Waals surface area contributed by atoms with Crippen LogP contribution in [0.2, 0.25) is 0 Å². The highest BCUT2D eigenvalue weighted by Crippen LogP contribution is 2.61.